The summed E-state index contributed by atoms with van der Waals surface area (Å²) in [6.07, 6.45) is 2.30. The average molecular weight is 447 g/mol. The first kappa shape index (κ1) is 22.1. The van der Waals surface area contributed by atoms with E-state index in [0.29, 0.717) is 24.5 Å². The summed E-state index contributed by atoms with van der Waals surface area (Å²) >= 11 is 0. The van der Waals surface area contributed by atoms with Crippen LogP contribution in [0, 0.1) is 0 Å². The molecule has 3 aromatic rings. The zero-order valence-corrected chi connectivity index (χ0v) is 18.2. The molecule has 1 aliphatic heterocycles. The molecule has 1 fully saturated rings. The number of aromatic nitrogens is 1. The van der Waals surface area contributed by atoms with E-state index >= 15 is 0 Å². The zero-order valence-electron chi connectivity index (χ0n) is 18.2. The van der Waals surface area contributed by atoms with Crippen molar-refractivity contribution in [3.05, 3.63) is 60.8 Å². The Hall–Kier alpha value is -4.14. The quantitative estimate of drug-likeness (QED) is 0.461. The Labute approximate surface area is 190 Å². The van der Waals surface area contributed by atoms with Crippen LogP contribution in [0.15, 0.2) is 60.8 Å². The number of rotatable bonds is 8. The first-order valence-electron chi connectivity index (χ1n) is 10.7. The second-order valence-electron chi connectivity index (χ2n) is 7.86. The van der Waals surface area contributed by atoms with Gasteiger partial charge < -0.3 is 20.5 Å². The maximum absolute atomic E-state index is 12.8. The fraction of sp³-hybridized carbons (Fsp3) is 0.250. The fourth-order valence-corrected chi connectivity index (χ4v) is 3.91. The number of hydrogen-bond donors (Lipinski definition) is 3. The first-order valence-corrected chi connectivity index (χ1v) is 10.7. The van der Waals surface area contributed by atoms with E-state index in [1.165, 1.54) is 6.92 Å². The van der Waals surface area contributed by atoms with E-state index in [1.54, 1.807) is 24.3 Å². The molecule has 1 aliphatic rings. The van der Waals surface area contributed by atoms with Gasteiger partial charge in [0.25, 0.3) is 5.91 Å². The van der Waals surface area contributed by atoms with Crippen LogP contribution in [0.5, 0.6) is 0 Å². The summed E-state index contributed by atoms with van der Waals surface area (Å²) < 4.78 is 2.07. The number of fused-ring (bicyclic) bond motifs is 1. The van der Waals surface area contributed by atoms with Crippen molar-refractivity contribution in [3.63, 3.8) is 0 Å². The third kappa shape index (κ3) is 5.03. The van der Waals surface area contributed by atoms with Gasteiger partial charge in [0, 0.05) is 43.8 Å². The van der Waals surface area contributed by atoms with E-state index in [0.717, 1.165) is 15.8 Å². The highest BCUT2D eigenvalue weighted by Gasteiger charge is 2.39. The van der Waals surface area contributed by atoms with Crippen molar-refractivity contribution in [1.29, 1.82) is 0 Å². The standard InChI is InChI=1S/C24H25N5O4/c1-16(30)26-18-6-4-7-19(15-18)29-23(32)20(27-24(29)33)9-10-22(31)25-12-14-28-13-11-17-5-2-3-8-21(17)28/h2-8,11,13,15,20H,9-10,12,14H2,1H3,(H,25,31)(H,26,30)(H,27,33)/t20-/m1/s1. The highest BCUT2D eigenvalue weighted by atomic mass is 16.2. The third-order valence-electron chi connectivity index (χ3n) is 5.46. The predicted molar refractivity (Wildman–Crippen MR) is 125 cm³/mol. The molecule has 4 rings (SSSR count). The molecule has 0 unspecified atom stereocenters. The lowest BCUT2D eigenvalue weighted by molar-refractivity contribution is -0.122. The highest BCUT2D eigenvalue weighted by Crippen LogP contribution is 2.24. The number of imide groups is 1. The Morgan fingerprint density at radius 2 is 1.88 bits per heavy atom. The molecule has 2 aromatic carbocycles. The van der Waals surface area contributed by atoms with Crippen molar-refractivity contribution >= 4 is 46.0 Å². The van der Waals surface area contributed by atoms with E-state index in [2.05, 4.69) is 20.5 Å². The van der Waals surface area contributed by atoms with Crippen molar-refractivity contribution in [3.8, 4) is 0 Å². The Balaban J connectivity index is 1.28. The van der Waals surface area contributed by atoms with Gasteiger partial charge in [-0.05, 0) is 42.1 Å². The Morgan fingerprint density at radius 1 is 1.06 bits per heavy atom. The van der Waals surface area contributed by atoms with Crippen LogP contribution in [-0.4, -0.2) is 40.9 Å². The number of para-hydroxylation sites is 1. The van der Waals surface area contributed by atoms with E-state index < -0.39 is 18.0 Å². The molecule has 170 valence electrons. The molecule has 3 N–H and O–H groups in total. The smallest absolute Gasteiger partial charge is 0.329 e. The fourth-order valence-electron chi connectivity index (χ4n) is 3.91. The van der Waals surface area contributed by atoms with Gasteiger partial charge in [-0.25, -0.2) is 9.69 Å². The molecule has 0 spiro atoms. The Kier molecular flexibility index (Phi) is 6.39. The summed E-state index contributed by atoms with van der Waals surface area (Å²) in [5.41, 5.74) is 1.95. The normalized spacial score (nSPS) is 15.5. The van der Waals surface area contributed by atoms with Crippen molar-refractivity contribution in [2.45, 2.75) is 32.4 Å². The molecule has 5 amide bonds. The Bertz CT molecular complexity index is 1220. The van der Waals surface area contributed by atoms with Crippen molar-refractivity contribution in [1.82, 2.24) is 15.2 Å². The van der Waals surface area contributed by atoms with Crippen LogP contribution in [-0.2, 0) is 20.9 Å². The zero-order chi connectivity index (χ0) is 23.4. The summed E-state index contributed by atoms with van der Waals surface area (Å²) in [4.78, 5) is 49.7. The Morgan fingerprint density at radius 3 is 2.70 bits per heavy atom. The van der Waals surface area contributed by atoms with Crippen LogP contribution < -0.4 is 20.9 Å². The molecule has 0 saturated carbocycles. The topological polar surface area (TPSA) is 113 Å². The second kappa shape index (κ2) is 9.56. The number of carbonyl (C=O) groups is 4. The summed E-state index contributed by atoms with van der Waals surface area (Å²) in [5.74, 6) is -0.857. The summed E-state index contributed by atoms with van der Waals surface area (Å²) in [5, 5.41) is 9.27. The number of amides is 5. The molecule has 0 bridgehead atoms. The van der Waals surface area contributed by atoms with Crippen LogP contribution in [0.3, 0.4) is 0 Å². The number of nitrogens with zero attached hydrogens (tertiary/aromatic N) is 2. The minimum absolute atomic E-state index is 0.114. The van der Waals surface area contributed by atoms with Crippen LogP contribution in [0.25, 0.3) is 10.9 Å². The van der Waals surface area contributed by atoms with Gasteiger partial charge in [0.1, 0.15) is 6.04 Å². The molecule has 0 radical (unpaired) electrons. The molecule has 1 aromatic heterocycles. The van der Waals surface area contributed by atoms with E-state index in [9.17, 15) is 19.2 Å². The van der Waals surface area contributed by atoms with E-state index in [1.807, 2.05) is 36.5 Å². The molecular weight excluding hydrogens is 422 g/mol. The molecule has 2 heterocycles. The third-order valence-corrected chi connectivity index (χ3v) is 5.46. The van der Waals surface area contributed by atoms with Gasteiger partial charge in [-0.3, -0.25) is 14.4 Å². The van der Waals surface area contributed by atoms with Gasteiger partial charge in [0.15, 0.2) is 0 Å². The molecule has 0 aliphatic carbocycles. The summed E-state index contributed by atoms with van der Waals surface area (Å²) in [7, 11) is 0. The monoisotopic (exact) mass is 447 g/mol. The van der Waals surface area contributed by atoms with Crippen molar-refractivity contribution < 1.29 is 19.2 Å². The highest BCUT2D eigenvalue weighted by molar-refractivity contribution is 6.21. The molecule has 9 heteroatoms. The summed E-state index contributed by atoms with van der Waals surface area (Å²) in [6.45, 7) is 2.48. The second-order valence-corrected chi connectivity index (χ2v) is 7.86. The molecule has 1 saturated heterocycles. The maximum Gasteiger partial charge on any atom is 0.329 e. The van der Waals surface area contributed by atoms with Gasteiger partial charge >= 0.3 is 6.03 Å². The number of hydrogen-bond acceptors (Lipinski definition) is 4. The molecular formula is C24H25N5O4. The lowest BCUT2D eigenvalue weighted by Gasteiger charge is -2.14. The minimum atomic E-state index is -0.777. The lowest BCUT2D eigenvalue weighted by atomic mass is 10.1. The van der Waals surface area contributed by atoms with Crippen molar-refractivity contribution in [2.24, 2.45) is 0 Å². The van der Waals surface area contributed by atoms with Crippen LogP contribution in [0.1, 0.15) is 19.8 Å². The molecule has 9 nitrogen and oxygen atoms in total. The van der Waals surface area contributed by atoms with Gasteiger partial charge in [-0.2, -0.15) is 0 Å². The van der Waals surface area contributed by atoms with Gasteiger partial charge in [0.2, 0.25) is 11.8 Å². The lowest BCUT2D eigenvalue weighted by Crippen LogP contribution is -2.33. The minimum Gasteiger partial charge on any atom is -0.354 e. The predicted octanol–water partition coefficient (Wildman–Crippen LogP) is 2.62. The maximum atomic E-state index is 12.8. The van der Waals surface area contributed by atoms with Gasteiger partial charge in [-0.1, -0.05) is 24.3 Å². The molecule has 33 heavy (non-hydrogen) atoms. The number of nitrogens with one attached hydrogen (secondary N) is 3. The summed E-state index contributed by atoms with van der Waals surface area (Å²) in [6, 6.07) is 15.2. The van der Waals surface area contributed by atoms with Crippen LogP contribution >= 0.6 is 0 Å². The first-order chi connectivity index (χ1) is 15.9. The average Bonchev–Trinajstić information content (AvgIpc) is 3.32. The number of carbonyl (C=O) groups excluding carboxylic acids is 4. The van der Waals surface area contributed by atoms with Crippen LogP contribution in [0.2, 0.25) is 0 Å². The van der Waals surface area contributed by atoms with E-state index in [4.69, 9.17) is 0 Å². The van der Waals surface area contributed by atoms with Crippen molar-refractivity contribution in [2.75, 3.05) is 16.8 Å². The SMILES string of the molecule is CC(=O)Nc1cccc(N2C(=O)N[C@H](CCC(=O)NCCn3ccc4ccccc43)C2=O)c1. The van der Waals surface area contributed by atoms with Gasteiger partial charge in [-0.15, -0.1) is 0 Å². The van der Waals surface area contributed by atoms with Crippen LogP contribution in [0.4, 0.5) is 16.2 Å². The number of benzene rings is 2. The number of urea groups is 1. The largest absolute Gasteiger partial charge is 0.354 e. The molecule has 1 atom stereocenters. The van der Waals surface area contributed by atoms with E-state index in [-0.39, 0.29) is 24.7 Å². The number of anilines is 2. The van der Waals surface area contributed by atoms with Gasteiger partial charge in [0.05, 0.1) is 5.69 Å².